The number of aromatic nitrogens is 2. The standard InChI is InChI=1S/C25H34N4O/c1-16(2)29-11-10-22(23(15-29)19-13-26-28(3)14-19)25(30)27-24-20-8-4-6-17(20)12-18-7-5-9-21(18)24/h12-14,16,22-23H,4-11,15H2,1-3H3,(H,27,30). The minimum atomic E-state index is -0.00138. The molecule has 2 unspecified atom stereocenters. The minimum absolute atomic E-state index is 0.00138. The molecule has 160 valence electrons. The lowest BCUT2D eigenvalue weighted by molar-refractivity contribution is -0.122. The molecule has 1 aromatic heterocycles. The van der Waals surface area contributed by atoms with Crippen LogP contribution >= 0.6 is 0 Å². The summed E-state index contributed by atoms with van der Waals surface area (Å²) in [5, 5.41) is 7.88. The Labute approximate surface area is 179 Å². The van der Waals surface area contributed by atoms with Crippen LogP contribution in [-0.4, -0.2) is 39.7 Å². The van der Waals surface area contributed by atoms with Crippen molar-refractivity contribution in [2.75, 3.05) is 18.4 Å². The maximum Gasteiger partial charge on any atom is 0.228 e. The number of rotatable bonds is 4. The third-order valence-electron chi connectivity index (χ3n) is 7.59. The largest absolute Gasteiger partial charge is 0.325 e. The molecule has 1 aliphatic heterocycles. The van der Waals surface area contributed by atoms with E-state index in [0.717, 1.165) is 45.2 Å². The third-order valence-corrected chi connectivity index (χ3v) is 7.59. The van der Waals surface area contributed by atoms with E-state index in [-0.39, 0.29) is 17.7 Å². The van der Waals surface area contributed by atoms with Crippen molar-refractivity contribution in [2.24, 2.45) is 13.0 Å². The molecule has 5 rings (SSSR count). The van der Waals surface area contributed by atoms with Crippen molar-refractivity contribution in [3.63, 3.8) is 0 Å². The predicted octanol–water partition coefficient (Wildman–Crippen LogP) is 3.85. The molecular formula is C25H34N4O. The van der Waals surface area contributed by atoms with E-state index in [1.54, 1.807) is 0 Å². The highest BCUT2D eigenvalue weighted by atomic mass is 16.1. The predicted molar refractivity (Wildman–Crippen MR) is 120 cm³/mol. The van der Waals surface area contributed by atoms with Crippen molar-refractivity contribution in [1.82, 2.24) is 14.7 Å². The van der Waals surface area contributed by atoms with Crippen molar-refractivity contribution in [2.45, 2.75) is 70.8 Å². The van der Waals surface area contributed by atoms with E-state index in [4.69, 9.17) is 0 Å². The average Bonchev–Trinajstić information content (AvgIpc) is 3.47. The lowest BCUT2D eigenvalue weighted by Gasteiger charge is -2.39. The molecule has 2 atom stereocenters. The number of fused-ring (bicyclic) bond motifs is 2. The van der Waals surface area contributed by atoms with Crippen LogP contribution in [0.3, 0.4) is 0 Å². The van der Waals surface area contributed by atoms with Gasteiger partial charge in [0.25, 0.3) is 0 Å². The van der Waals surface area contributed by atoms with Crippen molar-refractivity contribution in [1.29, 1.82) is 0 Å². The van der Waals surface area contributed by atoms with Crippen LogP contribution in [0.15, 0.2) is 18.5 Å². The number of likely N-dealkylation sites (tertiary alicyclic amines) is 1. The molecule has 2 aliphatic carbocycles. The van der Waals surface area contributed by atoms with Crippen LogP contribution in [0.2, 0.25) is 0 Å². The van der Waals surface area contributed by atoms with Gasteiger partial charge in [-0.3, -0.25) is 9.48 Å². The molecule has 1 saturated heterocycles. The van der Waals surface area contributed by atoms with Crippen molar-refractivity contribution in [3.05, 3.63) is 46.3 Å². The molecule has 0 bridgehead atoms. The van der Waals surface area contributed by atoms with Gasteiger partial charge in [-0.05, 0) is 93.2 Å². The number of aryl methyl sites for hydroxylation is 3. The monoisotopic (exact) mass is 406 g/mol. The summed E-state index contributed by atoms with van der Waals surface area (Å²) >= 11 is 0. The zero-order chi connectivity index (χ0) is 20.8. The molecular weight excluding hydrogens is 372 g/mol. The van der Waals surface area contributed by atoms with Gasteiger partial charge in [-0.2, -0.15) is 5.10 Å². The highest BCUT2D eigenvalue weighted by Gasteiger charge is 2.37. The van der Waals surface area contributed by atoms with Crippen molar-refractivity contribution in [3.8, 4) is 0 Å². The van der Waals surface area contributed by atoms with E-state index in [2.05, 4.69) is 41.4 Å². The van der Waals surface area contributed by atoms with Gasteiger partial charge in [0.1, 0.15) is 0 Å². The second-order valence-electron chi connectivity index (χ2n) is 9.76. The van der Waals surface area contributed by atoms with Gasteiger partial charge < -0.3 is 10.2 Å². The van der Waals surface area contributed by atoms with Crippen LogP contribution in [0.25, 0.3) is 0 Å². The van der Waals surface area contributed by atoms with E-state index in [1.807, 2.05) is 17.9 Å². The van der Waals surface area contributed by atoms with Crippen molar-refractivity contribution < 1.29 is 4.79 Å². The Morgan fingerprint density at radius 2 is 1.83 bits per heavy atom. The minimum Gasteiger partial charge on any atom is -0.325 e. The Hall–Kier alpha value is -2.14. The van der Waals surface area contributed by atoms with Gasteiger partial charge in [0.05, 0.1) is 6.20 Å². The molecule has 0 radical (unpaired) electrons. The molecule has 1 fully saturated rings. The molecule has 0 spiro atoms. The van der Waals surface area contributed by atoms with Gasteiger partial charge in [-0.25, -0.2) is 0 Å². The Bertz CT molecular complexity index is 928. The summed E-state index contributed by atoms with van der Waals surface area (Å²) in [5.74, 6) is 0.403. The Kier molecular flexibility index (Phi) is 5.18. The summed E-state index contributed by atoms with van der Waals surface area (Å²) in [6.07, 6.45) is 11.9. The number of hydrogen-bond donors (Lipinski definition) is 1. The molecule has 0 saturated carbocycles. The first-order valence-corrected chi connectivity index (χ1v) is 11.7. The number of carbonyl (C=O) groups excluding carboxylic acids is 1. The molecule has 2 heterocycles. The lowest BCUT2D eigenvalue weighted by Crippen LogP contribution is -2.46. The topological polar surface area (TPSA) is 50.2 Å². The van der Waals surface area contributed by atoms with Gasteiger partial charge in [-0.1, -0.05) is 6.07 Å². The number of hydrogen-bond acceptors (Lipinski definition) is 3. The number of benzene rings is 1. The third kappa shape index (κ3) is 3.47. The summed E-state index contributed by atoms with van der Waals surface area (Å²) in [6, 6.07) is 2.92. The fourth-order valence-corrected chi connectivity index (χ4v) is 5.91. The molecule has 2 aromatic rings. The molecule has 1 N–H and O–H groups in total. The van der Waals surface area contributed by atoms with E-state index in [0.29, 0.717) is 6.04 Å². The summed E-state index contributed by atoms with van der Waals surface area (Å²) in [7, 11) is 1.96. The van der Waals surface area contributed by atoms with Crippen LogP contribution in [0.1, 0.15) is 66.8 Å². The van der Waals surface area contributed by atoms with Crippen molar-refractivity contribution >= 4 is 11.6 Å². The highest BCUT2D eigenvalue weighted by molar-refractivity contribution is 5.95. The molecule has 3 aliphatic rings. The van der Waals surface area contributed by atoms with E-state index in [9.17, 15) is 4.79 Å². The molecule has 5 heteroatoms. The zero-order valence-electron chi connectivity index (χ0n) is 18.6. The number of nitrogens with one attached hydrogen (secondary N) is 1. The van der Waals surface area contributed by atoms with Crippen LogP contribution < -0.4 is 5.32 Å². The van der Waals surface area contributed by atoms with Gasteiger partial charge in [0, 0.05) is 43.4 Å². The van der Waals surface area contributed by atoms with Gasteiger partial charge in [0.2, 0.25) is 5.91 Å². The van der Waals surface area contributed by atoms with Gasteiger partial charge in [-0.15, -0.1) is 0 Å². The normalized spacial score (nSPS) is 23.6. The number of carbonyl (C=O) groups is 1. The van der Waals surface area contributed by atoms with Crippen LogP contribution in [0.4, 0.5) is 5.69 Å². The first-order chi connectivity index (χ1) is 14.5. The fourth-order valence-electron chi connectivity index (χ4n) is 5.91. The number of nitrogens with zero attached hydrogens (tertiary/aromatic N) is 3. The summed E-state index contributed by atoms with van der Waals surface area (Å²) in [5.41, 5.74) is 8.15. The maximum absolute atomic E-state index is 13.7. The van der Waals surface area contributed by atoms with Crippen LogP contribution in [0, 0.1) is 5.92 Å². The zero-order valence-corrected chi connectivity index (χ0v) is 18.6. The molecule has 1 aromatic carbocycles. The first kappa shape index (κ1) is 19.8. The summed E-state index contributed by atoms with van der Waals surface area (Å²) in [4.78, 5) is 16.2. The SMILES string of the molecule is CC(C)N1CCC(C(=O)Nc2c3c(cc4c2CCC4)CCC3)C(c2cnn(C)c2)C1. The highest BCUT2D eigenvalue weighted by Crippen LogP contribution is 2.40. The number of amides is 1. The number of anilines is 1. The Morgan fingerprint density at radius 3 is 2.43 bits per heavy atom. The van der Waals surface area contributed by atoms with Crippen LogP contribution in [0.5, 0.6) is 0 Å². The van der Waals surface area contributed by atoms with Crippen LogP contribution in [-0.2, 0) is 37.5 Å². The Balaban J connectivity index is 1.44. The smallest absolute Gasteiger partial charge is 0.228 e. The number of piperidine rings is 1. The maximum atomic E-state index is 13.7. The summed E-state index contributed by atoms with van der Waals surface area (Å²) < 4.78 is 1.86. The van der Waals surface area contributed by atoms with E-state index >= 15 is 0 Å². The van der Waals surface area contributed by atoms with Gasteiger partial charge in [0.15, 0.2) is 0 Å². The molecule has 30 heavy (non-hydrogen) atoms. The second kappa shape index (κ2) is 7.84. The fraction of sp³-hybridized carbons (Fsp3) is 0.600. The van der Waals surface area contributed by atoms with E-state index < -0.39 is 0 Å². The first-order valence-electron chi connectivity index (χ1n) is 11.7. The van der Waals surface area contributed by atoms with E-state index in [1.165, 1.54) is 46.3 Å². The quantitative estimate of drug-likeness (QED) is 0.839. The average molecular weight is 407 g/mol. The van der Waals surface area contributed by atoms with Gasteiger partial charge >= 0.3 is 0 Å². The lowest BCUT2D eigenvalue weighted by atomic mass is 9.80. The second-order valence-corrected chi connectivity index (χ2v) is 9.76. The Morgan fingerprint density at radius 1 is 1.13 bits per heavy atom. The summed E-state index contributed by atoms with van der Waals surface area (Å²) in [6.45, 7) is 6.40. The molecule has 5 nitrogen and oxygen atoms in total. The molecule has 1 amide bonds.